The van der Waals surface area contributed by atoms with Crippen molar-refractivity contribution in [3.63, 3.8) is 0 Å². The molecule has 3 aromatic heterocycles. The van der Waals surface area contributed by atoms with Gasteiger partial charge in [0.05, 0.1) is 20.5 Å². The molecule has 3 nitrogen and oxygen atoms in total. The molecule has 0 bridgehead atoms. The van der Waals surface area contributed by atoms with Gasteiger partial charge in [-0.3, -0.25) is 0 Å². The number of hydrogen-bond donors (Lipinski definition) is 1. The first-order valence-electron chi connectivity index (χ1n) is 6.03. The number of aromatic nitrogens is 2. The molecule has 0 unspecified atom stereocenters. The Kier molecular flexibility index (Phi) is 3.31. The third-order valence-electron chi connectivity index (χ3n) is 2.77. The Morgan fingerprint density at radius 3 is 2.89 bits per heavy atom. The van der Waals surface area contributed by atoms with Gasteiger partial charge in [0.15, 0.2) is 0 Å². The van der Waals surface area contributed by atoms with Crippen molar-refractivity contribution < 1.29 is 0 Å². The molecular weight excluding hydrogens is 274 g/mol. The van der Waals surface area contributed by atoms with Crippen LogP contribution in [-0.4, -0.2) is 9.97 Å². The van der Waals surface area contributed by atoms with Gasteiger partial charge in [-0.05, 0) is 35.6 Å². The molecule has 0 aliphatic carbocycles. The van der Waals surface area contributed by atoms with E-state index in [0.29, 0.717) is 5.82 Å². The van der Waals surface area contributed by atoms with Crippen LogP contribution < -0.4 is 5.73 Å². The van der Waals surface area contributed by atoms with E-state index in [1.165, 1.54) is 9.75 Å². The number of rotatable bonds is 3. The summed E-state index contributed by atoms with van der Waals surface area (Å²) in [6.07, 6.45) is 2.69. The summed E-state index contributed by atoms with van der Waals surface area (Å²) in [5.41, 5.74) is 7.93. The maximum absolute atomic E-state index is 5.78. The predicted octanol–water partition coefficient (Wildman–Crippen LogP) is 4.08. The van der Waals surface area contributed by atoms with Gasteiger partial charge >= 0.3 is 0 Å². The van der Waals surface area contributed by atoms with Gasteiger partial charge in [0.25, 0.3) is 0 Å². The van der Waals surface area contributed by atoms with Gasteiger partial charge in [0.1, 0.15) is 5.82 Å². The molecule has 0 radical (unpaired) electrons. The van der Waals surface area contributed by atoms with E-state index >= 15 is 0 Å². The van der Waals surface area contributed by atoms with Crippen LogP contribution in [0.3, 0.4) is 0 Å². The van der Waals surface area contributed by atoms with Crippen molar-refractivity contribution in [2.24, 2.45) is 0 Å². The zero-order valence-electron chi connectivity index (χ0n) is 10.5. The van der Waals surface area contributed by atoms with E-state index < -0.39 is 0 Å². The second-order valence-electron chi connectivity index (χ2n) is 4.09. The van der Waals surface area contributed by atoms with Crippen molar-refractivity contribution in [3.8, 4) is 21.0 Å². The molecule has 0 aliphatic heterocycles. The fourth-order valence-electron chi connectivity index (χ4n) is 1.88. The van der Waals surface area contributed by atoms with Gasteiger partial charge in [-0.2, -0.15) is 0 Å². The summed E-state index contributed by atoms with van der Waals surface area (Å²) < 4.78 is 0. The lowest BCUT2D eigenvalue weighted by Crippen LogP contribution is -1.89. The second kappa shape index (κ2) is 5.11. The van der Waals surface area contributed by atoms with Crippen LogP contribution in [0.5, 0.6) is 0 Å². The summed E-state index contributed by atoms with van der Waals surface area (Å²) in [4.78, 5) is 11.2. The predicted molar refractivity (Wildman–Crippen MR) is 82.4 cm³/mol. The van der Waals surface area contributed by atoms with Crippen molar-refractivity contribution in [3.05, 3.63) is 40.8 Å². The highest BCUT2D eigenvalue weighted by molar-refractivity contribution is 7.17. The minimum absolute atomic E-state index is 0.543. The zero-order chi connectivity index (χ0) is 13.2. The van der Waals surface area contributed by atoms with Crippen molar-refractivity contribution in [2.75, 3.05) is 5.73 Å². The van der Waals surface area contributed by atoms with Crippen LogP contribution >= 0.6 is 22.7 Å². The first-order chi connectivity index (χ1) is 9.28. The number of thiophene rings is 1. The van der Waals surface area contributed by atoms with Crippen LogP contribution in [0.25, 0.3) is 21.0 Å². The summed E-state index contributed by atoms with van der Waals surface area (Å²) in [5.74, 6) is 0.543. The Morgan fingerprint density at radius 1 is 1.32 bits per heavy atom. The summed E-state index contributed by atoms with van der Waals surface area (Å²) in [6, 6.07) is 8.05. The van der Waals surface area contributed by atoms with Crippen LogP contribution in [0.2, 0.25) is 0 Å². The number of nitrogens with two attached hydrogens (primary N) is 1. The van der Waals surface area contributed by atoms with Gasteiger partial charge < -0.3 is 5.73 Å². The third-order valence-corrected chi connectivity index (χ3v) is 4.90. The first-order valence-corrected chi connectivity index (χ1v) is 7.73. The van der Waals surface area contributed by atoms with E-state index in [2.05, 4.69) is 29.4 Å². The Bertz CT molecular complexity index is 687. The Morgan fingerprint density at radius 2 is 2.21 bits per heavy atom. The molecule has 3 heterocycles. The molecule has 0 saturated carbocycles. The summed E-state index contributed by atoms with van der Waals surface area (Å²) >= 11 is 3.44. The summed E-state index contributed by atoms with van der Waals surface area (Å²) in [7, 11) is 0. The van der Waals surface area contributed by atoms with Crippen LogP contribution in [-0.2, 0) is 6.42 Å². The van der Waals surface area contributed by atoms with Gasteiger partial charge in [0, 0.05) is 6.20 Å². The van der Waals surface area contributed by atoms with Crippen molar-refractivity contribution in [1.82, 2.24) is 9.97 Å². The molecule has 3 aromatic rings. The van der Waals surface area contributed by atoms with Crippen LogP contribution in [0.4, 0.5) is 5.82 Å². The summed E-state index contributed by atoms with van der Waals surface area (Å²) in [6.45, 7) is 2.13. The molecule has 0 aliphatic rings. The fraction of sp³-hybridized carbons (Fsp3) is 0.143. The standard InChI is InChI=1S/C14H13N3S2/c1-2-12-17-13(10-4-3-7-18-10)14(19-12)9-5-6-16-11(15)8-9/h3-8H,2H2,1H3,(H2,15,16). The highest BCUT2D eigenvalue weighted by atomic mass is 32.1. The molecule has 19 heavy (non-hydrogen) atoms. The van der Waals surface area contributed by atoms with Gasteiger partial charge in [-0.25, -0.2) is 9.97 Å². The zero-order valence-corrected chi connectivity index (χ0v) is 12.1. The number of aryl methyl sites for hydroxylation is 1. The topological polar surface area (TPSA) is 51.8 Å². The van der Waals surface area contributed by atoms with Gasteiger partial charge in [-0.1, -0.05) is 13.0 Å². The molecule has 0 amide bonds. The largest absolute Gasteiger partial charge is 0.384 e. The first kappa shape index (κ1) is 12.3. The highest BCUT2D eigenvalue weighted by Crippen LogP contribution is 2.38. The lowest BCUT2D eigenvalue weighted by atomic mass is 10.2. The monoisotopic (exact) mass is 287 g/mol. The van der Waals surface area contributed by atoms with Crippen LogP contribution in [0.1, 0.15) is 11.9 Å². The minimum Gasteiger partial charge on any atom is -0.384 e. The molecule has 5 heteroatoms. The fourth-order valence-corrected chi connectivity index (χ4v) is 3.68. The summed E-state index contributed by atoms with van der Waals surface area (Å²) in [5, 5.41) is 3.22. The minimum atomic E-state index is 0.543. The third kappa shape index (κ3) is 2.39. The van der Waals surface area contributed by atoms with Crippen molar-refractivity contribution in [1.29, 1.82) is 0 Å². The maximum Gasteiger partial charge on any atom is 0.123 e. The molecule has 0 fully saturated rings. The number of thiazole rings is 1. The number of hydrogen-bond acceptors (Lipinski definition) is 5. The molecule has 3 rings (SSSR count). The van der Waals surface area contributed by atoms with Crippen molar-refractivity contribution in [2.45, 2.75) is 13.3 Å². The molecule has 0 aromatic carbocycles. The normalized spacial score (nSPS) is 10.8. The lowest BCUT2D eigenvalue weighted by Gasteiger charge is -2.01. The Balaban J connectivity index is 2.17. The smallest absolute Gasteiger partial charge is 0.123 e. The molecule has 0 saturated heterocycles. The van der Waals surface area contributed by atoms with Gasteiger partial charge in [0.2, 0.25) is 0 Å². The average molecular weight is 287 g/mol. The number of nitrogen functional groups attached to an aromatic ring is 1. The molecule has 0 spiro atoms. The lowest BCUT2D eigenvalue weighted by molar-refractivity contribution is 1.10. The number of anilines is 1. The van der Waals surface area contributed by atoms with Crippen LogP contribution in [0, 0.1) is 0 Å². The maximum atomic E-state index is 5.78. The number of nitrogens with zero attached hydrogens (tertiary/aromatic N) is 2. The molecular formula is C14H13N3S2. The van der Waals surface area contributed by atoms with Crippen LogP contribution in [0.15, 0.2) is 35.8 Å². The van der Waals surface area contributed by atoms with Crippen molar-refractivity contribution >= 4 is 28.5 Å². The highest BCUT2D eigenvalue weighted by Gasteiger charge is 2.15. The van der Waals surface area contributed by atoms with E-state index in [9.17, 15) is 0 Å². The quantitative estimate of drug-likeness (QED) is 0.789. The number of pyridine rings is 1. The van der Waals surface area contributed by atoms with E-state index in [-0.39, 0.29) is 0 Å². The van der Waals surface area contributed by atoms with E-state index in [0.717, 1.165) is 22.7 Å². The average Bonchev–Trinajstić information content (AvgIpc) is 3.07. The van der Waals surface area contributed by atoms with E-state index in [4.69, 9.17) is 10.7 Å². The van der Waals surface area contributed by atoms with Gasteiger partial charge in [-0.15, -0.1) is 22.7 Å². The molecule has 2 N–H and O–H groups in total. The second-order valence-corrected chi connectivity index (χ2v) is 6.12. The Hall–Kier alpha value is -1.72. The molecule has 0 atom stereocenters. The van der Waals surface area contributed by atoms with E-state index in [1.807, 2.05) is 12.1 Å². The SMILES string of the molecule is CCc1nc(-c2cccs2)c(-c2ccnc(N)c2)s1. The Labute approximate surface area is 119 Å². The van der Waals surface area contributed by atoms with E-state index in [1.54, 1.807) is 28.9 Å². The molecule has 96 valence electrons.